The van der Waals surface area contributed by atoms with Gasteiger partial charge in [0.2, 0.25) is 5.28 Å². The molecule has 0 radical (unpaired) electrons. The van der Waals surface area contributed by atoms with Crippen LogP contribution in [0.25, 0.3) is 17.2 Å². The van der Waals surface area contributed by atoms with E-state index in [-0.39, 0.29) is 10.4 Å². The van der Waals surface area contributed by atoms with Crippen molar-refractivity contribution < 1.29 is 0 Å². The first-order chi connectivity index (χ1) is 9.74. The number of aromatic nitrogens is 4. The van der Waals surface area contributed by atoms with Crippen LogP contribution < -0.4 is 0 Å². The lowest BCUT2D eigenvalue weighted by atomic mass is 10.2. The van der Waals surface area contributed by atoms with E-state index in [1.807, 2.05) is 47.1 Å². The second-order valence-corrected chi connectivity index (χ2v) is 4.86. The lowest BCUT2D eigenvalue weighted by Crippen LogP contribution is -1.96. The van der Waals surface area contributed by atoms with E-state index >= 15 is 0 Å². The predicted octanol–water partition coefficient (Wildman–Crippen LogP) is 3.85. The van der Waals surface area contributed by atoms with Gasteiger partial charge in [0.15, 0.2) is 10.8 Å². The lowest BCUT2D eigenvalue weighted by molar-refractivity contribution is 0.839. The summed E-state index contributed by atoms with van der Waals surface area (Å²) in [4.78, 5) is 12.2. The van der Waals surface area contributed by atoms with Crippen LogP contribution in [-0.2, 0) is 6.54 Å². The molecule has 6 heteroatoms. The summed E-state index contributed by atoms with van der Waals surface area (Å²) in [5.74, 6) is 0. The molecule has 3 aromatic rings. The Hall–Kier alpha value is -1.91. The van der Waals surface area contributed by atoms with Gasteiger partial charge in [-0.15, -0.1) is 0 Å². The molecule has 2 heterocycles. The summed E-state index contributed by atoms with van der Waals surface area (Å²) < 4.78 is 1.87. The van der Waals surface area contributed by atoms with Gasteiger partial charge in [0.1, 0.15) is 5.52 Å². The molecule has 1 aromatic carbocycles. The Morgan fingerprint density at radius 2 is 1.90 bits per heavy atom. The molecule has 3 rings (SSSR count). The van der Waals surface area contributed by atoms with Gasteiger partial charge < -0.3 is 4.57 Å². The van der Waals surface area contributed by atoms with E-state index in [1.165, 1.54) is 0 Å². The fourth-order valence-corrected chi connectivity index (χ4v) is 2.31. The van der Waals surface area contributed by atoms with Crippen molar-refractivity contribution in [3.05, 3.63) is 58.7 Å². The van der Waals surface area contributed by atoms with Crippen molar-refractivity contribution in [1.29, 1.82) is 0 Å². The van der Waals surface area contributed by atoms with E-state index in [9.17, 15) is 0 Å². The summed E-state index contributed by atoms with van der Waals surface area (Å²) in [5.41, 5.74) is 2.33. The highest BCUT2D eigenvalue weighted by Gasteiger charge is 2.09. The molecule has 0 saturated heterocycles. The summed E-state index contributed by atoms with van der Waals surface area (Å²) in [5, 5.41) is 0.391. The van der Waals surface area contributed by atoms with Crippen LogP contribution in [0.3, 0.4) is 0 Å². The maximum Gasteiger partial charge on any atom is 0.225 e. The Balaban J connectivity index is 1.87. The van der Waals surface area contributed by atoms with Crippen molar-refractivity contribution in [2.24, 2.45) is 0 Å². The zero-order valence-electron chi connectivity index (χ0n) is 10.4. The Kier molecular flexibility index (Phi) is 3.67. The van der Waals surface area contributed by atoms with Crippen LogP contribution in [0.4, 0.5) is 0 Å². The van der Waals surface area contributed by atoms with Crippen LogP contribution in [0.15, 0.2) is 42.7 Å². The number of allylic oxidation sites excluding steroid dienone is 1. The van der Waals surface area contributed by atoms with Crippen molar-refractivity contribution >= 4 is 40.4 Å². The topological polar surface area (TPSA) is 43.6 Å². The average molecular weight is 305 g/mol. The maximum absolute atomic E-state index is 5.98. The van der Waals surface area contributed by atoms with Crippen molar-refractivity contribution in [2.75, 3.05) is 0 Å². The second-order valence-electron chi connectivity index (χ2n) is 4.17. The first-order valence-electron chi connectivity index (χ1n) is 5.99. The molecule has 4 nitrogen and oxygen atoms in total. The molecule has 0 aliphatic rings. The number of nitrogens with zero attached hydrogens (tertiary/aromatic N) is 4. The Morgan fingerprint density at radius 1 is 1.10 bits per heavy atom. The Morgan fingerprint density at radius 3 is 2.70 bits per heavy atom. The number of halogens is 2. The highest BCUT2D eigenvalue weighted by molar-refractivity contribution is 6.35. The van der Waals surface area contributed by atoms with Crippen LogP contribution in [-0.4, -0.2) is 19.5 Å². The number of benzene rings is 1. The quantitative estimate of drug-likeness (QED) is 0.545. The lowest BCUT2D eigenvalue weighted by Gasteiger charge is -2.00. The van der Waals surface area contributed by atoms with Gasteiger partial charge in [-0.2, -0.15) is 4.98 Å². The molecule has 0 fully saturated rings. The van der Waals surface area contributed by atoms with Crippen LogP contribution in [0, 0.1) is 0 Å². The first kappa shape index (κ1) is 13.1. The largest absolute Gasteiger partial charge is 0.311 e. The maximum atomic E-state index is 5.98. The molecule has 0 unspecified atom stereocenters. The number of imidazole rings is 1. The number of rotatable bonds is 3. The van der Waals surface area contributed by atoms with Crippen LogP contribution in [0.5, 0.6) is 0 Å². The third-order valence-electron chi connectivity index (χ3n) is 2.81. The molecule has 0 spiro atoms. The SMILES string of the molecule is Clc1nc(Cl)c2ncn(CC=Cc3ccccc3)c2n1. The fraction of sp³-hybridized carbons (Fsp3) is 0.0714. The van der Waals surface area contributed by atoms with E-state index in [0.717, 1.165) is 5.56 Å². The van der Waals surface area contributed by atoms with Crippen LogP contribution >= 0.6 is 23.2 Å². The first-order valence-corrected chi connectivity index (χ1v) is 6.75. The average Bonchev–Trinajstić information content (AvgIpc) is 2.83. The third-order valence-corrected chi connectivity index (χ3v) is 3.24. The van der Waals surface area contributed by atoms with Gasteiger partial charge >= 0.3 is 0 Å². The molecular formula is C14H10Cl2N4. The molecule has 0 bridgehead atoms. The van der Waals surface area contributed by atoms with Crippen LogP contribution in [0.2, 0.25) is 10.4 Å². The van der Waals surface area contributed by atoms with Gasteiger partial charge in [-0.3, -0.25) is 0 Å². The van der Waals surface area contributed by atoms with E-state index in [1.54, 1.807) is 6.33 Å². The monoisotopic (exact) mass is 304 g/mol. The van der Waals surface area contributed by atoms with Gasteiger partial charge in [0, 0.05) is 6.54 Å². The smallest absolute Gasteiger partial charge is 0.225 e. The normalized spacial score (nSPS) is 11.5. The summed E-state index contributed by atoms with van der Waals surface area (Å²) in [7, 11) is 0. The zero-order chi connectivity index (χ0) is 13.9. The van der Waals surface area contributed by atoms with E-state index in [4.69, 9.17) is 23.2 Å². The van der Waals surface area contributed by atoms with Crippen molar-refractivity contribution in [3.8, 4) is 0 Å². The minimum atomic E-state index is 0.122. The molecule has 20 heavy (non-hydrogen) atoms. The molecule has 0 aliphatic heterocycles. The van der Waals surface area contributed by atoms with E-state index in [2.05, 4.69) is 15.0 Å². The summed E-state index contributed by atoms with van der Waals surface area (Å²) >= 11 is 11.8. The van der Waals surface area contributed by atoms with Gasteiger partial charge in [-0.25, -0.2) is 9.97 Å². The molecule has 0 atom stereocenters. The van der Waals surface area contributed by atoms with E-state index < -0.39 is 0 Å². The van der Waals surface area contributed by atoms with Crippen molar-refractivity contribution in [1.82, 2.24) is 19.5 Å². The molecule has 2 aromatic heterocycles. The fourth-order valence-electron chi connectivity index (χ4n) is 1.89. The highest BCUT2D eigenvalue weighted by Crippen LogP contribution is 2.20. The summed E-state index contributed by atoms with van der Waals surface area (Å²) in [6, 6.07) is 10.1. The predicted molar refractivity (Wildman–Crippen MR) is 80.8 cm³/mol. The minimum Gasteiger partial charge on any atom is -0.311 e. The van der Waals surface area contributed by atoms with Crippen molar-refractivity contribution in [3.63, 3.8) is 0 Å². The molecule has 100 valence electrons. The zero-order valence-corrected chi connectivity index (χ0v) is 11.9. The van der Waals surface area contributed by atoms with Gasteiger partial charge in [0.25, 0.3) is 0 Å². The third kappa shape index (κ3) is 2.66. The standard InChI is InChI=1S/C14H10Cl2N4/c15-12-11-13(19-14(16)18-12)20(9-17-11)8-4-7-10-5-2-1-3-6-10/h1-7,9H,8H2. The molecule has 0 saturated carbocycles. The Bertz CT molecular complexity index is 765. The highest BCUT2D eigenvalue weighted by atomic mass is 35.5. The summed E-state index contributed by atoms with van der Waals surface area (Å²) in [6.07, 6.45) is 5.74. The van der Waals surface area contributed by atoms with Crippen molar-refractivity contribution in [2.45, 2.75) is 6.54 Å². The molecular weight excluding hydrogens is 295 g/mol. The van der Waals surface area contributed by atoms with Gasteiger partial charge in [-0.05, 0) is 17.2 Å². The second kappa shape index (κ2) is 5.61. The molecule has 0 aliphatic carbocycles. The number of hydrogen-bond donors (Lipinski definition) is 0. The van der Waals surface area contributed by atoms with Gasteiger partial charge in [0.05, 0.1) is 6.33 Å². The molecule has 0 N–H and O–H groups in total. The Labute approximate surface area is 125 Å². The minimum absolute atomic E-state index is 0.122. The van der Waals surface area contributed by atoms with Gasteiger partial charge in [-0.1, -0.05) is 54.1 Å². The number of hydrogen-bond acceptors (Lipinski definition) is 3. The summed E-state index contributed by atoms with van der Waals surface area (Å²) in [6.45, 7) is 0.634. The van der Waals surface area contributed by atoms with E-state index in [0.29, 0.717) is 17.7 Å². The number of fused-ring (bicyclic) bond motifs is 1. The van der Waals surface area contributed by atoms with Crippen LogP contribution in [0.1, 0.15) is 5.56 Å². The molecule has 0 amide bonds.